The summed E-state index contributed by atoms with van der Waals surface area (Å²) in [6.07, 6.45) is 9.22. The molecule has 1 N–H and O–H groups in total. The Morgan fingerprint density at radius 1 is 1.11 bits per heavy atom. The summed E-state index contributed by atoms with van der Waals surface area (Å²) in [6.45, 7) is 3.28. The summed E-state index contributed by atoms with van der Waals surface area (Å²) < 4.78 is 5.81. The van der Waals surface area contributed by atoms with Crippen molar-refractivity contribution in [3.05, 3.63) is 84.1 Å². The number of ether oxygens (including phenoxy) is 1. The van der Waals surface area contributed by atoms with Gasteiger partial charge in [0.05, 0.1) is 12.1 Å². The van der Waals surface area contributed by atoms with E-state index in [1.54, 1.807) is 12.3 Å². The molecule has 144 valence electrons. The third-order valence-corrected chi connectivity index (χ3v) is 4.40. The Kier molecular flexibility index (Phi) is 7.19. The van der Waals surface area contributed by atoms with Crippen LogP contribution >= 0.6 is 0 Å². The Labute approximate surface area is 166 Å². The smallest absolute Gasteiger partial charge is 0.251 e. The van der Waals surface area contributed by atoms with Crippen molar-refractivity contribution in [1.29, 1.82) is 0 Å². The van der Waals surface area contributed by atoms with E-state index in [0.717, 1.165) is 41.5 Å². The van der Waals surface area contributed by atoms with Crippen molar-refractivity contribution >= 4 is 16.8 Å². The highest BCUT2D eigenvalue weighted by Crippen LogP contribution is 2.15. The molecule has 0 saturated carbocycles. The van der Waals surface area contributed by atoms with Gasteiger partial charge in [-0.25, -0.2) is 0 Å². The maximum atomic E-state index is 12.5. The highest BCUT2D eigenvalue weighted by Gasteiger charge is 2.07. The lowest BCUT2D eigenvalue weighted by Gasteiger charge is -2.09. The first-order valence-corrected chi connectivity index (χ1v) is 9.76. The molecular formula is C24H26N2O2. The second-order valence-electron chi connectivity index (χ2n) is 6.61. The van der Waals surface area contributed by atoms with Gasteiger partial charge in [-0.1, -0.05) is 37.3 Å². The van der Waals surface area contributed by atoms with Crippen LogP contribution in [0.5, 0.6) is 5.75 Å². The highest BCUT2D eigenvalue weighted by molar-refractivity contribution is 5.97. The van der Waals surface area contributed by atoms with E-state index in [1.807, 2.05) is 48.5 Å². The number of unbranched alkanes of at least 4 members (excludes halogenated alkanes) is 1. The van der Waals surface area contributed by atoms with Crippen LogP contribution in [0.3, 0.4) is 0 Å². The van der Waals surface area contributed by atoms with Crippen LogP contribution in [-0.4, -0.2) is 17.5 Å². The number of nitrogens with zero attached hydrogens (tertiary/aromatic N) is 1. The summed E-state index contributed by atoms with van der Waals surface area (Å²) in [7, 11) is 0. The Hall–Kier alpha value is -3.14. The van der Waals surface area contributed by atoms with Gasteiger partial charge in [-0.05, 0) is 61.2 Å². The zero-order chi connectivity index (χ0) is 19.6. The van der Waals surface area contributed by atoms with Crippen LogP contribution in [0, 0.1) is 0 Å². The van der Waals surface area contributed by atoms with Crippen molar-refractivity contribution in [3.63, 3.8) is 0 Å². The molecule has 0 aliphatic heterocycles. The lowest BCUT2D eigenvalue weighted by molar-refractivity contribution is 0.0951. The number of hydrogen-bond acceptors (Lipinski definition) is 3. The number of aromatic nitrogens is 1. The van der Waals surface area contributed by atoms with Gasteiger partial charge in [-0.2, -0.15) is 0 Å². The third-order valence-electron chi connectivity index (χ3n) is 4.40. The molecule has 2 aromatic carbocycles. The molecule has 4 nitrogen and oxygen atoms in total. The first kappa shape index (κ1) is 19.6. The molecule has 0 atom stereocenters. The first-order valence-electron chi connectivity index (χ1n) is 9.76. The number of nitrogens with one attached hydrogen (secondary N) is 1. The fourth-order valence-corrected chi connectivity index (χ4v) is 2.92. The molecule has 0 fully saturated rings. The summed E-state index contributed by atoms with van der Waals surface area (Å²) in [5.41, 5.74) is 2.53. The second-order valence-corrected chi connectivity index (χ2v) is 6.61. The van der Waals surface area contributed by atoms with Crippen LogP contribution in [0.2, 0.25) is 0 Å². The molecule has 0 aliphatic carbocycles. The minimum absolute atomic E-state index is 0.0974. The molecule has 1 aromatic heterocycles. The van der Waals surface area contributed by atoms with E-state index in [-0.39, 0.29) is 5.91 Å². The van der Waals surface area contributed by atoms with Gasteiger partial charge in [0.2, 0.25) is 0 Å². The van der Waals surface area contributed by atoms with E-state index < -0.39 is 0 Å². The monoisotopic (exact) mass is 374 g/mol. The summed E-state index contributed by atoms with van der Waals surface area (Å²) >= 11 is 0. The topological polar surface area (TPSA) is 51.2 Å². The van der Waals surface area contributed by atoms with E-state index in [4.69, 9.17) is 4.74 Å². The fourth-order valence-electron chi connectivity index (χ4n) is 2.92. The SMILES string of the molecule is CCC=CCCCOc1cccc(CNC(=O)c2ccc3ncccc3c2)c1. The lowest BCUT2D eigenvalue weighted by Crippen LogP contribution is -2.22. The van der Waals surface area contributed by atoms with Gasteiger partial charge in [-0.15, -0.1) is 0 Å². The molecule has 3 aromatic rings. The van der Waals surface area contributed by atoms with Crippen molar-refractivity contribution < 1.29 is 9.53 Å². The molecule has 0 saturated heterocycles. The Morgan fingerprint density at radius 3 is 2.93 bits per heavy atom. The average molecular weight is 374 g/mol. The van der Waals surface area contributed by atoms with Gasteiger partial charge in [0.25, 0.3) is 5.91 Å². The van der Waals surface area contributed by atoms with Gasteiger partial charge >= 0.3 is 0 Å². The van der Waals surface area contributed by atoms with E-state index >= 15 is 0 Å². The molecule has 3 rings (SSSR count). The summed E-state index contributed by atoms with van der Waals surface area (Å²) in [5.74, 6) is 0.739. The molecule has 0 bridgehead atoms. The van der Waals surface area contributed by atoms with Crippen molar-refractivity contribution in [3.8, 4) is 5.75 Å². The molecule has 1 amide bonds. The third kappa shape index (κ3) is 5.68. The number of allylic oxidation sites excluding steroid dienone is 2. The van der Waals surface area contributed by atoms with Crippen LogP contribution in [0.25, 0.3) is 10.9 Å². The Bertz CT molecular complexity index is 950. The molecule has 1 heterocycles. The van der Waals surface area contributed by atoms with E-state index in [0.29, 0.717) is 18.7 Å². The number of pyridine rings is 1. The van der Waals surface area contributed by atoms with Gasteiger partial charge in [0.15, 0.2) is 0 Å². The predicted molar refractivity (Wildman–Crippen MR) is 114 cm³/mol. The van der Waals surface area contributed by atoms with Gasteiger partial charge in [0, 0.05) is 23.7 Å². The van der Waals surface area contributed by atoms with Crippen LogP contribution < -0.4 is 10.1 Å². The van der Waals surface area contributed by atoms with Gasteiger partial charge in [-0.3, -0.25) is 9.78 Å². The zero-order valence-corrected chi connectivity index (χ0v) is 16.2. The fraction of sp³-hybridized carbons (Fsp3) is 0.250. The number of amides is 1. The molecule has 28 heavy (non-hydrogen) atoms. The Balaban J connectivity index is 1.52. The standard InChI is InChI=1S/C24H26N2O2/c1-2-3-4-5-6-15-28-22-11-7-9-19(16-22)18-26-24(27)21-12-13-23-20(17-21)10-8-14-25-23/h3-4,7-14,16-17H,2,5-6,15,18H2,1H3,(H,26,27). The van der Waals surface area contributed by atoms with E-state index in [1.165, 1.54) is 0 Å². The summed E-state index contributed by atoms with van der Waals surface area (Å²) in [5, 5.41) is 3.93. The second kappa shape index (κ2) is 10.3. The molecule has 4 heteroatoms. The number of hydrogen-bond donors (Lipinski definition) is 1. The van der Waals surface area contributed by atoms with Crippen molar-refractivity contribution in [1.82, 2.24) is 10.3 Å². The minimum Gasteiger partial charge on any atom is -0.494 e. The molecule has 0 aliphatic rings. The molecule has 0 radical (unpaired) electrons. The normalized spacial score (nSPS) is 11.0. The van der Waals surface area contributed by atoms with Crippen LogP contribution in [-0.2, 0) is 6.54 Å². The lowest BCUT2D eigenvalue weighted by atomic mass is 10.1. The maximum absolute atomic E-state index is 12.5. The summed E-state index contributed by atoms with van der Waals surface area (Å²) in [6, 6.07) is 17.2. The van der Waals surface area contributed by atoms with Crippen LogP contribution in [0.1, 0.15) is 42.1 Å². The number of rotatable bonds is 9. The largest absolute Gasteiger partial charge is 0.494 e. The van der Waals surface area contributed by atoms with Crippen molar-refractivity contribution in [2.24, 2.45) is 0 Å². The Morgan fingerprint density at radius 2 is 2.04 bits per heavy atom. The average Bonchev–Trinajstić information content (AvgIpc) is 2.74. The number of carbonyl (C=O) groups excluding carboxylic acids is 1. The quantitative estimate of drug-likeness (QED) is 0.409. The molecular weight excluding hydrogens is 348 g/mol. The van der Waals surface area contributed by atoms with Crippen LogP contribution in [0.15, 0.2) is 72.9 Å². The van der Waals surface area contributed by atoms with E-state index in [9.17, 15) is 4.79 Å². The van der Waals surface area contributed by atoms with Gasteiger partial charge in [0.1, 0.15) is 5.75 Å². The minimum atomic E-state index is -0.0974. The number of fused-ring (bicyclic) bond motifs is 1. The molecule has 0 spiro atoms. The van der Waals surface area contributed by atoms with Crippen molar-refractivity contribution in [2.75, 3.05) is 6.61 Å². The maximum Gasteiger partial charge on any atom is 0.251 e. The summed E-state index contributed by atoms with van der Waals surface area (Å²) in [4.78, 5) is 16.8. The first-order chi connectivity index (χ1) is 13.8. The van der Waals surface area contributed by atoms with Crippen molar-refractivity contribution in [2.45, 2.75) is 32.7 Å². The number of benzene rings is 2. The van der Waals surface area contributed by atoms with Crippen LogP contribution in [0.4, 0.5) is 0 Å². The highest BCUT2D eigenvalue weighted by atomic mass is 16.5. The zero-order valence-electron chi connectivity index (χ0n) is 16.2. The predicted octanol–water partition coefficient (Wildman–Crippen LogP) is 5.29. The molecule has 0 unspecified atom stereocenters. The number of carbonyl (C=O) groups is 1. The van der Waals surface area contributed by atoms with Gasteiger partial charge < -0.3 is 10.1 Å². The van der Waals surface area contributed by atoms with E-state index in [2.05, 4.69) is 29.4 Å².